The SMILES string of the molecule is Cc1ccc(C2C3CC4CC(C)(C3)CC2(c2ccc(C)cc2OC#N)C4)c(OC#N)c1. The monoisotopic (exact) mass is 412 g/mol. The Morgan fingerprint density at radius 1 is 0.903 bits per heavy atom. The molecule has 4 nitrogen and oxygen atoms in total. The molecule has 0 spiro atoms. The highest BCUT2D eigenvalue weighted by Crippen LogP contribution is 2.71. The maximum absolute atomic E-state index is 9.37. The Hall–Kier alpha value is -2.98. The van der Waals surface area contributed by atoms with Crippen molar-refractivity contribution in [1.29, 1.82) is 10.5 Å². The molecule has 4 aliphatic carbocycles. The molecule has 0 radical (unpaired) electrons. The molecule has 31 heavy (non-hydrogen) atoms. The summed E-state index contributed by atoms with van der Waals surface area (Å²) in [7, 11) is 0. The fraction of sp³-hybridized carbons (Fsp3) is 0.481. The van der Waals surface area contributed by atoms with Gasteiger partial charge in [-0.05, 0) is 86.5 Å². The van der Waals surface area contributed by atoms with Crippen LogP contribution in [-0.2, 0) is 5.41 Å². The van der Waals surface area contributed by atoms with Gasteiger partial charge in [0.1, 0.15) is 11.5 Å². The lowest BCUT2D eigenvalue weighted by Gasteiger charge is -2.65. The van der Waals surface area contributed by atoms with E-state index in [0.717, 1.165) is 35.1 Å². The molecule has 0 amide bonds. The van der Waals surface area contributed by atoms with Gasteiger partial charge >= 0.3 is 0 Å². The van der Waals surface area contributed by atoms with E-state index >= 15 is 0 Å². The summed E-state index contributed by atoms with van der Waals surface area (Å²) in [5.41, 5.74) is 4.63. The van der Waals surface area contributed by atoms with Crippen LogP contribution in [0.1, 0.15) is 67.2 Å². The molecule has 0 aromatic heterocycles. The third-order valence-electron chi connectivity index (χ3n) is 8.12. The Kier molecular flexibility index (Phi) is 4.52. The van der Waals surface area contributed by atoms with Crippen molar-refractivity contribution in [1.82, 2.24) is 0 Å². The van der Waals surface area contributed by atoms with Gasteiger partial charge in [0, 0.05) is 22.5 Å². The molecule has 2 aromatic rings. The fourth-order valence-corrected chi connectivity index (χ4v) is 7.73. The highest BCUT2D eigenvalue weighted by Gasteiger charge is 2.62. The van der Waals surface area contributed by atoms with Gasteiger partial charge in [-0.1, -0.05) is 31.2 Å². The molecule has 0 aliphatic heterocycles. The topological polar surface area (TPSA) is 66.0 Å². The molecular formula is C27H28N2O2. The number of rotatable bonds is 4. The van der Waals surface area contributed by atoms with Crippen LogP contribution in [0.4, 0.5) is 0 Å². The molecule has 2 aromatic carbocycles. The maximum Gasteiger partial charge on any atom is 0.292 e. The number of benzene rings is 2. The van der Waals surface area contributed by atoms with Crippen LogP contribution in [0.2, 0.25) is 0 Å². The lowest BCUT2D eigenvalue weighted by atomic mass is 9.38. The molecular weight excluding hydrogens is 384 g/mol. The molecule has 4 heteroatoms. The van der Waals surface area contributed by atoms with Crippen molar-refractivity contribution in [2.75, 3.05) is 0 Å². The van der Waals surface area contributed by atoms with E-state index in [1.165, 1.54) is 19.3 Å². The third kappa shape index (κ3) is 3.09. The van der Waals surface area contributed by atoms with Gasteiger partial charge in [0.2, 0.25) is 0 Å². The van der Waals surface area contributed by atoms with E-state index in [9.17, 15) is 10.5 Å². The van der Waals surface area contributed by atoms with Crippen LogP contribution in [0.5, 0.6) is 11.5 Å². The molecule has 4 saturated carbocycles. The molecule has 0 N–H and O–H groups in total. The number of hydrogen-bond acceptors (Lipinski definition) is 4. The highest BCUT2D eigenvalue weighted by atomic mass is 16.5. The summed E-state index contributed by atoms with van der Waals surface area (Å²) in [6.07, 6.45) is 9.70. The fourth-order valence-electron chi connectivity index (χ4n) is 7.73. The van der Waals surface area contributed by atoms with Gasteiger partial charge in [-0.25, -0.2) is 0 Å². The van der Waals surface area contributed by atoms with Crippen LogP contribution < -0.4 is 9.47 Å². The lowest BCUT2D eigenvalue weighted by molar-refractivity contribution is -0.0807. The van der Waals surface area contributed by atoms with Crippen molar-refractivity contribution >= 4 is 0 Å². The van der Waals surface area contributed by atoms with Crippen molar-refractivity contribution < 1.29 is 9.47 Å². The van der Waals surface area contributed by atoms with Crippen LogP contribution in [0.3, 0.4) is 0 Å². The van der Waals surface area contributed by atoms with Crippen molar-refractivity contribution in [2.24, 2.45) is 17.3 Å². The first kappa shape index (κ1) is 20.0. The lowest BCUT2D eigenvalue weighted by Crippen LogP contribution is -2.57. The van der Waals surface area contributed by atoms with E-state index in [1.807, 2.05) is 38.5 Å². The zero-order valence-corrected chi connectivity index (χ0v) is 18.4. The Morgan fingerprint density at radius 3 is 2.29 bits per heavy atom. The van der Waals surface area contributed by atoms with Gasteiger partial charge < -0.3 is 9.47 Å². The predicted molar refractivity (Wildman–Crippen MR) is 117 cm³/mol. The number of hydrogen-bond donors (Lipinski definition) is 0. The molecule has 6 rings (SSSR count). The summed E-state index contributed by atoms with van der Waals surface area (Å²) < 4.78 is 11.0. The zero-order valence-electron chi connectivity index (χ0n) is 18.4. The minimum atomic E-state index is -0.123. The number of nitrogens with zero attached hydrogens (tertiary/aromatic N) is 2. The van der Waals surface area contributed by atoms with Gasteiger partial charge in [0.15, 0.2) is 0 Å². The summed E-state index contributed by atoms with van der Waals surface area (Å²) in [5, 5.41) is 18.7. The summed E-state index contributed by atoms with van der Waals surface area (Å²) in [5.74, 6) is 2.83. The number of nitriles is 2. The van der Waals surface area contributed by atoms with Crippen molar-refractivity contribution in [3.05, 3.63) is 58.7 Å². The first-order valence-electron chi connectivity index (χ1n) is 11.2. The van der Waals surface area contributed by atoms with E-state index in [2.05, 4.69) is 31.2 Å². The van der Waals surface area contributed by atoms with Crippen molar-refractivity contribution in [3.8, 4) is 24.0 Å². The summed E-state index contributed by atoms with van der Waals surface area (Å²) in [4.78, 5) is 0. The van der Waals surface area contributed by atoms with E-state index < -0.39 is 0 Å². The van der Waals surface area contributed by atoms with Crippen molar-refractivity contribution in [3.63, 3.8) is 0 Å². The van der Waals surface area contributed by atoms with E-state index in [0.29, 0.717) is 28.7 Å². The summed E-state index contributed by atoms with van der Waals surface area (Å²) in [6, 6.07) is 12.6. The largest absolute Gasteiger partial charge is 0.388 e. The van der Waals surface area contributed by atoms with Crippen LogP contribution in [-0.4, -0.2) is 0 Å². The summed E-state index contributed by atoms with van der Waals surface area (Å²) >= 11 is 0. The van der Waals surface area contributed by atoms with Gasteiger partial charge in [0.25, 0.3) is 12.5 Å². The van der Waals surface area contributed by atoms with Gasteiger partial charge in [-0.2, -0.15) is 0 Å². The Bertz CT molecular complexity index is 1130. The molecule has 5 unspecified atom stereocenters. The highest BCUT2D eigenvalue weighted by molar-refractivity contribution is 5.51. The second-order valence-corrected chi connectivity index (χ2v) is 10.5. The van der Waals surface area contributed by atoms with Gasteiger partial charge in [-0.15, -0.1) is 10.5 Å². The zero-order chi connectivity index (χ0) is 21.8. The Morgan fingerprint density at radius 2 is 1.58 bits per heavy atom. The first-order valence-corrected chi connectivity index (χ1v) is 11.2. The minimum absolute atomic E-state index is 0.123. The van der Waals surface area contributed by atoms with E-state index in [1.54, 1.807) is 0 Å². The Labute approximate surface area is 184 Å². The van der Waals surface area contributed by atoms with Gasteiger partial charge in [0.05, 0.1) is 0 Å². The second kappa shape index (κ2) is 7.03. The average molecular weight is 413 g/mol. The summed E-state index contributed by atoms with van der Waals surface area (Å²) in [6.45, 7) is 6.50. The van der Waals surface area contributed by atoms with Crippen molar-refractivity contribution in [2.45, 2.75) is 64.2 Å². The van der Waals surface area contributed by atoms with Crippen LogP contribution >= 0.6 is 0 Å². The smallest absolute Gasteiger partial charge is 0.292 e. The van der Waals surface area contributed by atoms with E-state index in [-0.39, 0.29) is 11.3 Å². The average Bonchev–Trinajstić information content (AvgIpc) is 2.68. The molecule has 0 saturated heterocycles. The van der Waals surface area contributed by atoms with Gasteiger partial charge in [-0.3, -0.25) is 0 Å². The third-order valence-corrected chi connectivity index (χ3v) is 8.12. The number of aryl methyl sites for hydroxylation is 2. The van der Waals surface area contributed by atoms with Crippen LogP contribution in [0, 0.1) is 54.1 Å². The molecule has 4 aliphatic rings. The van der Waals surface area contributed by atoms with Crippen LogP contribution in [0.15, 0.2) is 36.4 Å². The quantitative estimate of drug-likeness (QED) is 0.555. The molecule has 5 atom stereocenters. The van der Waals surface area contributed by atoms with Crippen LogP contribution in [0.25, 0.3) is 0 Å². The standard InChI is InChI=1S/C27H28N2O2/c1-17-4-6-21(23(8-17)30-15-28)25-20-10-19-11-26(3,13-20)14-27(25,12-19)22-7-5-18(2)9-24(22)31-16-29/h4-9,19-20,25H,10-14H2,1-3H3. The molecule has 4 bridgehead atoms. The first-order chi connectivity index (χ1) is 14.9. The normalized spacial score (nSPS) is 32.9. The minimum Gasteiger partial charge on any atom is -0.388 e. The Balaban J connectivity index is 1.74. The second-order valence-electron chi connectivity index (χ2n) is 10.5. The van der Waals surface area contributed by atoms with E-state index in [4.69, 9.17) is 9.47 Å². The molecule has 0 heterocycles. The molecule has 158 valence electrons. The maximum atomic E-state index is 9.37. The molecule has 4 fully saturated rings. The predicted octanol–water partition coefficient (Wildman–Crippen LogP) is 6.27. The number of ether oxygens (including phenoxy) is 2.